The molecule has 0 aliphatic heterocycles. The van der Waals surface area contributed by atoms with Gasteiger partial charge in [-0.3, -0.25) is 0 Å². The average Bonchev–Trinajstić information content (AvgIpc) is 2.18. The SMILES string of the molecule is COc1c(N)ccc2c(Br)cccc12. The molecule has 3 heteroatoms. The third kappa shape index (κ3) is 1.34. The van der Waals surface area contributed by atoms with Gasteiger partial charge in [0.15, 0.2) is 0 Å². The number of benzene rings is 2. The Balaban J connectivity index is 2.88. The molecule has 2 aromatic rings. The number of anilines is 1. The Hall–Kier alpha value is -1.22. The molecule has 0 bridgehead atoms. The lowest BCUT2D eigenvalue weighted by atomic mass is 10.1. The second-order valence-electron chi connectivity index (χ2n) is 3.02. The Morgan fingerprint density at radius 2 is 1.93 bits per heavy atom. The van der Waals surface area contributed by atoms with Gasteiger partial charge in [-0.25, -0.2) is 0 Å². The number of rotatable bonds is 1. The van der Waals surface area contributed by atoms with Crippen LogP contribution in [-0.4, -0.2) is 7.11 Å². The summed E-state index contributed by atoms with van der Waals surface area (Å²) in [6.07, 6.45) is 0. The van der Waals surface area contributed by atoms with Gasteiger partial charge in [0.05, 0.1) is 12.8 Å². The fourth-order valence-electron chi connectivity index (χ4n) is 1.54. The molecule has 2 rings (SSSR count). The van der Waals surface area contributed by atoms with Crippen molar-refractivity contribution in [2.24, 2.45) is 0 Å². The van der Waals surface area contributed by atoms with Crippen LogP contribution in [0.3, 0.4) is 0 Å². The molecular formula is C11H10BrNO. The Labute approximate surface area is 90.8 Å². The molecule has 0 heterocycles. The largest absolute Gasteiger partial charge is 0.494 e. The maximum atomic E-state index is 5.81. The van der Waals surface area contributed by atoms with E-state index in [4.69, 9.17) is 10.5 Å². The first-order chi connectivity index (χ1) is 6.74. The molecule has 0 saturated carbocycles. The molecule has 0 amide bonds. The summed E-state index contributed by atoms with van der Waals surface area (Å²) in [5, 5.41) is 2.14. The molecule has 2 nitrogen and oxygen atoms in total. The van der Waals surface area contributed by atoms with E-state index in [1.54, 1.807) is 7.11 Å². The van der Waals surface area contributed by atoms with Crippen LogP contribution in [0.25, 0.3) is 10.8 Å². The molecular weight excluding hydrogens is 242 g/mol. The van der Waals surface area contributed by atoms with Crippen LogP contribution in [0.15, 0.2) is 34.8 Å². The lowest BCUT2D eigenvalue weighted by Gasteiger charge is -2.09. The van der Waals surface area contributed by atoms with Crippen LogP contribution in [0.2, 0.25) is 0 Å². The number of hydrogen-bond acceptors (Lipinski definition) is 2. The van der Waals surface area contributed by atoms with Crippen molar-refractivity contribution in [3.05, 3.63) is 34.8 Å². The second kappa shape index (κ2) is 3.50. The molecule has 0 radical (unpaired) electrons. The fourth-order valence-corrected chi connectivity index (χ4v) is 2.03. The summed E-state index contributed by atoms with van der Waals surface area (Å²) in [7, 11) is 1.63. The normalized spacial score (nSPS) is 10.4. The van der Waals surface area contributed by atoms with Crippen LogP contribution in [-0.2, 0) is 0 Å². The minimum absolute atomic E-state index is 0.665. The van der Waals surface area contributed by atoms with Crippen molar-refractivity contribution >= 4 is 32.4 Å². The van der Waals surface area contributed by atoms with E-state index in [2.05, 4.69) is 15.9 Å². The van der Waals surface area contributed by atoms with E-state index in [9.17, 15) is 0 Å². The second-order valence-corrected chi connectivity index (χ2v) is 3.88. The summed E-state index contributed by atoms with van der Waals surface area (Å²) in [6, 6.07) is 9.80. The van der Waals surface area contributed by atoms with Crippen LogP contribution >= 0.6 is 15.9 Å². The quantitative estimate of drug-likeness (QED) is 0.791. The van der Waals surface area contributed by atoms with Crippen molar-refractivity contribution in [3.8, 4) is 5.75 Å². The Kier molecular flexibility index (Phi) is 2.33. The van der Waals surface area contributed by atoms with E-state index in [1.807, 2.05) is 30.3 Å². The Morgan fingerprint density at radius 1 is 1.14 bits per heavy atom. The van der Waals surface area contributed by atoms with Gasteiger partial charge in [0.1, 0.15) is 5.75 Å². The number of nitrogen functional groups attached to an aromatic ring is 1. The first kappa shape index (κ1) is 9.34. The zero-order valence-corrected chi connectivity index (χ0v) is 9.34. The monoisotopic (exact) mass is 251 g/mol. The molecule has 0 spiro atoms. The Bertz CT molecular complexity index is 482. The van der Waals surface area contributed by atoms with Gasteiger partial charge in [-0.2, -0.15) is 0 Å². The number of nitrogens with two attached hydrogens (primary N) is 1. The minimum Gasteiger partial charge on any atom is -0.494 e. The zero-order valence-electron chi connectivity index (χ0n) is 7.75. The molecule has 2 N–H and O–H groups in total. The van der Waals surface area contributed by atoms with Gasteiger partial charge in [-0.15, -0.1) is 0 Å². The first-order valence-electron chi connectivity index (χ1n) is 4.24. The zero-order chi connectivity index (χ0) is 10.1. The summed E-state index contributed by atoms with van der Waals surface area (Å²) >= 11 is 3.49. The summed E-state index contributed by atoms with van der Waals surface area (Å²) < 4.78 is 6.32. The highest BCUT2D eigenvalue weighted by atomic mass is 79.9. The third-order valence-corrected chi connectivity index (χ3v) is 2.88. The molecule has 2 aromatic carbocycles. The van der Waals surface area contributed by atoms with Crippen LogP contribution in [0.4, 0.5) is 5.69 Å². The van der Waals surface area contributed by atoms with E-state index in [0.29, 0.717) is 5.69 Å². The molecule has 72 valence electrons. The lowest BCUT2D eigenvalue weighted by Crippen LogP contribution is -1.93. The highest BCUT2D eigenvalue weighted by molar-refractivity contribution is 9.10. The van der Waals surface area contributed by atoms with Gasteiger partial charge in [-0.1, -0.05) is 34.1 Å². The van der Waals surface area contributed by atoms with Crippen molar-refractivity contribution in [2.75, 3.05) is 12.8 Å². The van der Waals surface area contributed by atoms with Gasteiger partial charge < -0.3 is 10.5 Å². The van der Waals surface area contributed by atoms with Crippen molar-refractivity contribution in [1.29, 1.82) is 0 Å². The fraction of sp³-hybridized carbons (Fsp3) is 0.0909. The van der Waals surface area contributed by atoms with Gasteiger partial charge >= 0.3 is 0 Å². The summed E-state index contributed by atoms with van der Waals surface area (Å²) in [6.45, 7) is 0. The molecule has 0 aliphatic carbocycles. The Morgan fingerprint density at radius 3 is 2.64 bits per heavy atom. The van der Waals surface area contributed by atoms with E-state index >= 15 is 0 Å². The van der Waals surface area contributed by atoms with Crippen LogP contribution in [0.5, 0.6) is 5.75 Å². The topological polar surface area (TPSA) is 35.2 Å². The maximum Gasteiger partial charge on any atom is 0.149 e. The number of halogens is 1. The highest BCUT2D eigenvalue weighted by Crippen LogP contribution is 2.34. The van der Waals surface area contributed by atoms with Crippen molar-refractivity contribution in [3.63, 3.8) is 0 Å². The minimum atomic E-state index is 0.665. The third-order valence-electron chi connectivity index (χ3n) is 2.19. The van der Waals surface area contributed by atoms with Gasteiger partial charge in [0.2, 0.25) is 0 Å². The van der Waals surface area contributed by atoms with Crippen LogP contribution in [0, 0.1) is 0 Å². The molecule has 0 fully saturated rings. The molecule has 0 unspecified atom stereocenters. The lowest BCUT2D eigenvalue weighted by molar-refractivity contribution is 0.422. The van der Waals surface area contributed by atoms with Gasteiger partial charge in [0.25, 0.3) is 0 Å². The van der Waals surface area contributed by atoms with E-state index < -0.39 is 0 Å². The molecule has 0 aliphatic rings. The summed E-state index contributed by atoms with van der Waals surface area (Å²) in [4.78, 5) is 0. The van der Waals surface area contributed by atoms with Crippen molar-refractivity contribution in [1.82, 2.24) is 0 Å². The predicted molar refractivity (Wildman–Crippen MR) is 62.6 cm³/mol. The first-order valence-corrected chi connectivity index (χ1v) is 5.04. The van der Waals surface area contributed by atoms with E-state index in [0.717, 1.165) is 21.0 Å². The van der Waals surface area contributed by atoms with Crippen LogP contribution in [0.1, 0.15) is 0 Å². The number of fused-ring (bicyclic) bond motifs is 1. The molecule has 14 heavy (non-hydrogen) atoms. The van der Waals surface area contributed by atoms with Gasteiger partial charge in [0, 0.05) is 9.86 Å². The average molecular weight is 252 g/mol. The standard InChI is InChI=1S/C11H10BrNO/c1-14-11-8-3-2-4-9(12)7(8)5-6-10(11)13/h2-6H,13H2,1H3. The molecule has 0 saturated heterocycles. The number of hydrogen-bond donors (Lipinski definition) is 1. The van der Waals surface area contributed by atoms with Crippen molar-refractivity contribution < 1.29 is 4.74 Å². The number of ether oxygens (including phenoxy) is 1. The van der Waals surface area contributed by atoms with Gasteiger partial charge in [-0.05, 0) is 17.5 Å². The smallest absolute Gasteiger partial charge is 0.149 e. The van der Waals surface area contributed by atoms with Crippen LogP contribution < -0.4 is 10.5 Å². The summed E-state index contributed by atoms with van der Waals surface area (Å²) in [5.74, 6) is 0.740. The highest BCUT2D eigenvalue weighted by Gasteiger charge is 2.06. The number of methoxy groups -OCH3 is 1. The molecule has 0 atom stereocenters. The summed E-state index contributed by atoms with van der Waals surface area (Å²) in [5.41, 5.74) is 6.47. The molecule has 0 aromatic heterocycles. The maximum absolute atomic E-state index is 5.81. The predicted octanol–water partition coefficient (Wildman–Crippen LogP) is 3.19. The van der Waals surface area contributed by atoms with E-state index in [1.165, 1.54) is 0 Å². The van der Waals surface area contributed by atoms with E-state index in [-0.39, 0.29) is 0 Å². The van der Waals surface area contributed by atoms with Crippen molar-refractivity contribution in [2.45, 2.75) is 0 Å².